The van der Waals surface area contributed by atoms with Crippen LogP contribution in [-0.2, 0) is 16.0 Å². The molecule has 0 saturated carbocycles. The van der Waals surface area contributed by atoms with Crippen molar-refractivity contribution in [2.45, 2.75) is 34.4 Å². The molecule has 0 spiro atoms. The number of alkyl halides is 3. The first-order valence-corrected chi connectivity index (χ1v) is 11.2. The summed E-state index contributed by atoms with van der Waals surface area (Å²) in [5.74, 6) is -0.673. The van der Waals surface area contributed by atoms with Crippen molar-refractivity contribution in [2.24, 2.45) is 0 Å². The van der Waals surface area contributed by atoms with Crippen LogP contribution in [0.1, 0.15) is 28.9 Å². The number of benzene rings is 1. The molecule has 1 aliphatic rings. The van der Waals surface area contributed by atoms with Crippen LogP contribution in [0.25, 0.3) is 0 Å². The van der Waals surface area contributed by atoms with Crippen LogP contribution < -0.4 is 11.1 Å². The van der Waals surface area contributed by atoms with Gasteiger partial charge in [-0.2, -0.15) is 13.2 Å². The average molecular weight is 472 g/mol. The lowest BCUT2D eigenvalue weighted by molar-refractivity contribution is -0.137. The molecule has 0 bridgehead atoms. The smallest absolute Gasteiger partial charge is 0.397 e. The summed E-state index contributed by atoms with van der Waals surface area (Å²) in [5, 5.41) is 13.1. The summed E-state index contributed by atoms with van der Waals surface area (Å²) in [7, 11) is -2.26. The Morgan fingerprint density at radius 2 is 1.81 bits per heavy atom. The number of sulfone groups is 1. The Hall–Kier alpha value is -2.70. The molecule has 1 amide bonds. The maximum Gasteiger partial charge on any atom is 0.416 e. The largest absolute Gasteiger partial charge is 0.416 e. The SMILES string of the molecule is CN1CCC(O)(CNC(=O)c2ncc(S(=O)(=O)c3ccc(C(F)(F)F)cc3)cc2N)CC1. The Morgan fingerprint density at radius 1 is 1.22 bits per heavy atom. The normalized spacial score (nSPS) is 17.2. The molecule has 174 valence electrons. The average Bonchev–Trinajstić information content (AvgIpc) is 2.74. The van der Waals surface area contributed by atoms with Crippen molar-refractivity contribution in [2.75, 3.05) is 32.4 Å². The van der Waals surface area contributed by atoms with Crippen molar-refractivity contribution in [3.63, 3.8) is 0 Å². The van der Waals surface area contributed by atoms with Gasteiger partial charge < -0.3 is 21.1 Å². The van der Waals surface area contributed by atoms with Gasteiger partial charge in [-0.3, -0.25) is 4.79 Å². The number of pyridine rings is 1. The van der Waals surface area contributed by atoms with E-state index >= 15 is 0 Å². The second-order valence-electron chi connectivity index (χ2n) is 7.84. The number of rotatable bonds is 5. The van der Waals surface area contributed by atoms with E-state index in [0.29, 0.717) is 38.1 Å². The van der Waals surface area contributed by atoms with Crippen LogP contribution in [0.2, 0.25) is 0 Å². The van der Waals surface area contributed by atoms with Crippen LogP contribution in [0, 0.1) is 0 Å². The molecule has 12 heteroatoms. The monoisotopic (exact) mass is 472 g/mol. The molecule has 0 radical (unpaired) electrons. The molecule has 2 heterocycles. The van der Waals surface area contributed by atoms with Crippen molar-refractivity contribution >= 4 is 21.4 Å². The number of nitrogen functional groups attached to an aromatic ring is 1. The Morgan fingerprint density at radius 3 is 2.34 bits per heavy atom. The highest BCUT2D eigenvalue weighted by molar-refractivity contribution is 7.91. The number of nitrogens with zero attached hydrogens (tertiary/aromatic N) is 2. The summed E-state index contributed by atoms with van der Waals surface area (Å²) >= 11 is 0. The second-order valence-corrected chi connectivity index (χ2v) is 9.79. The number of carbonyl (C=O) groups excluding carboxylic acids is 1. The van der Waals surface area contributed by atoms with Crippen LogP contribution in [0.15, 0.2) is 46.3 Å². The first kappa shape index (κ1) is 24.0. The third-order valence-electron chi connectivity index (χ3n) is 5.41. The number of hydrogen-bond donors (Lipinski definition) is 3. The number of likely N-dealkylation sites (tertiary alicyclic amines) is 1. The van der Waals surface area contributed by atoms with Crippen molar-refractivity contribution in [1.29, 1.82) is 0 Å². The van der Waals surface area contributed by atoms with Crippen molar-refractivity contribution < 1.29 is 31.5 Å². The van der Waals surface area contributed by atoms with Crippen LogP contribution >= 0.6 is 0 Å². The minimum absolute atomic E-state index is 0.00754. The zero-order chi connectivity index (χ0) is 23.7. The molecule has 0 aliphatic carbocycles. The van der Waals surface area contributed by atoms with Gasteiger partial charge in [-0.25, -0.2) is 13.4 Å². The molecular weight excluding hydrogens is 449 g/mol. The van der Waals surface area contributed by atoms with Gasteiger partial charge in [-0.15, -0.1) is 0 Å². The fraction of sp³-hybridized carbons (Fsp3) is 0.400. The molecule has 4 N–H and O–H groups in total. The molecular formula is C20H23F3N4O4S. The number of piperidine rings is 1. The zero-order valence-electron chi connectivity index (χ0n) is 17.2. The van der Waals surface area contributed by atoms with Crippen molar-refractivity contribution in [3.8, 4) is 0 Å². The fourth-order valence-corrected chi connectivity index (χ4v) is 4.54. The van der Waals surface area contributed by atoms with Gasteiger partial charge in [0.15, 0.2) is 5.69 Å². The van der Waals surface area contributed by atoms with Gasteiger partial charge in [0.1, 0.15) is 0 Å². The molecule has 1 aromatic heterocycles. The highest BCUT2D eigenvalue weighted by Crippen LogP contribution is 2.31. The summed E-state index contributed by atoms with van der Waals surface area (Å²) in [6.07, 6.45) is -2.71. The van der Waals surface area contributed by atoms with E-state index in [4.69, 9.17) is 5.73 Å². The van der Waals surface area contributed by atoms with Crippen LogP contribution in [-0.4, -0.2) is 61.6 Å². The molecule has 0 atom stereocenters. The highest BCUT2D eigenvalue weighted by Gasteiger charge is 2.33. The van der Waals surface area contributed by atoms with E-state index in [1.807, 2.05) is 7.05 Å². The van der Waals surface area contributed by atoms with E-state index in [1.54, 1.807) is 0 Å². The number of aromatic nitrogens is 1. The van der Waals surface area contributed by atoms with E-state index in [2.05, 4.69) is 15.2 Å². The van der Waals surface area contributed by atoms with Crippen molar-refractivity contribution in [1.82, 2.24) is 15.2 Å². The molecule has 1 saturated heterocycles. The number of anilines is 1. The van der Waals surface area contributed by atoms with E-state index in [9.17, 15) is 31.5 Å². The maximum atomic E-state index is 12.7. The maximum absolute atomic E-state index is 12.7. The lowest BCUT2D eigenvalue weighted by Gasteiger charge is -2.36. The lowest BCUT2D eigenvalue weighted by atomic mass is 9.91. The third-order valence-corrected chi connectivity index (χ3v) is 7.14. The summed E-state index contributed by atoms with van der Waals surface area (Å²) < 4.78 is 63.5. The van der Waals surface area contributed by atoms with Crippen LogP contribution in [0.3, 0.4) is 0 Å². The van der Waals surface area contributed by atoms with E-state index in [0.717, 1.165) is 24.4 Å². The van der Waals surface area contributed by atoms with Crippen LogP contribution in [0.4, 0.5) is 18.9 Å². The first-order valence-electron chi connectivity index (χ1n) is 9.69. The Labute approximate surface area is 183 Å². The minimum Gasteiger partial charge on any atom is -0.397 e. The van der Waals surface area contributed by atoms with Gasteiger partial charge in [0.05, 0.1) is 26.6 Å². The summed E-state index contributed by atoms with van der Waals surface area (Å²) in [6.45, 7) is 1.36. The predicted octanol–water partition coefficient (Wildman–Crippen LogP) is 1.70. The number of carbonyl (C=O) groups is 1. The van der Waals surface area contributed by atoms with Gasteiger partial charge >= 0.3 is 6.18 Å². The standard InChI is InChI=1S/C20H23F3N4O4S/c1-27-8-6-19(29,7-9-27)12-26-18(28)17-16(24)10-15(11-25-17)32(30,31)14-4-2-13(3-5-14)20(21,22)23/h2-5,10-11,29H,6-9,12,24H2,1H3,(H,26,28). The fourth-order valence-electron chi connectivity index (χ4n) is 3.30. The van der Waals surface area contributed by atoms with Gasteiger partial charge in [-0.1, -0.05) is 0 Å². The third kappa shape index (κ3) is 5.19. The summed E-state index contributed by atoms with van der Waals surface area (Å²) in [5.41, 5.74) is 3.37. The van der Waals surface area contributed by atoms with Gasteiger partial charge in [-0.05, 0) is 50.2 Å². The quantitative estimate of drug-likeness (QED) is 0.605. The molecule has 2 aromatic rings. The minimum atomic E-state index is -4.59. The Kier molecular flexibility index (Phi) is 6.50. The molecule has 1 aliphatic heterocycles. The number of nitrogens with two attached hydrogens (primary N) is 1. The Balaban J connectivity index is 1.74. The molecule has 0 unspecified atom stereocenters. The van der Waals surface area contributed by atoms with Gasteiger partial charge in [0, 0.05) is 25.8 Å². The molecule has 1 aromatic carbocycles. The second kappa shape index (κ2) is 8.68. The number of nitrogens with one attached hydrogen (secondary N) is 1. The summed E-state index contributed by atoms with van der Waals surface area (Å²) in [4.78, 5) is 17.6. The molecule has 1 fully saturated rings. The molecule has 8 nitrogen and oxygen atoms in total. The van der Waals surface area contributed by atoms with Crippen LogP contribution in [0.5, 0.6) is 0 Å². The zero-order valence-corrected chi connectivity index (χ0v) is 18.0. The van der Waals surface area contributed by atoms with Gasteiger partial charge in [0.2, 0.25) is 9.84 Å². The number of aliphatic hydroxyl groups is 1. The van der Waals surface area contributed by atoms with Crippen molar-refractivity contribution in [3.05, 3.63) is 47.8 Å². The van der Waals surface area contributed by atoms with E-state index in [-0.39, 0.29) is 27.7 Å². The summed E-state index contributed by atoms with van der Waals surface area (Å²) in [6, 6.07) is 4.05. The number of amides is 1. The molecule has 32 heavy (non-hydrogen) atoms. The topological polar surface area (TPSA) is 126 Å². The predicted molar refractivity (Wildman–Crippen MR) is 110 cm³/mol. The van der Waals surface area contributed by atoms with E-state index < -0.39 is 33.1 Å². The van der Waals surface area contributed by atoms with Gasteiger partial charge in [0.25, 0.3) is 5.91 Å². The number of halogens is 3. The first-order chi connectivity index (χ1) is 14.8. The molecule has 3 rings (SSSR count). The lowest BCUT2D eigenvalue weighted by Crippen LogP contribution is -2.50. The van der Waals surface area contributed by atoms with E-state index in [1.165, 1.54) is 0 Å². The highest BCUT2D eigenvalue weighted by atomic mass is 32.2. The Bertz CT molecular complexity index is 1100. The number of hydrogen-bond acceptors (Lipinski definition) is 7.